The van der Waals surface area contributed by atoms with Crippen LogP contribution in [0.5, 0.6) is 0 Å². The minimum absolute atomic E-state index is 0.0560. The van der Waals surface area contributed by atoms with Crippen LogP contribution in [0.2, 0.25) is 0 Å². The summed E-state index contributed by atoms with van der Waals surface area (Å²) in [4.78, 5) is 24.1. The first kappa shape index (κ1) is 19.2. The zero-order valence-electron chi connectivity index (χ0n) is 17.9. The molecule has 158 valence electrons. The van der Waals surface area contributed by atoms with E-state index >= 15 is 0 Å². The topological polar surface area (TPSA) is 72.8 Å². The van der Waals surface area contributed by atoms with Crippen molar-refractivity contribution in [1.82, 2.24) is 0 Å². The van der Waals surface area contributed by atoms with Gasteiger partial charge in [0.25, 0.3) is 0 Å². The third-order valence-corrected chi connectivity index (χ3v) is 9.11. The molecule has 5 rings (SSSR count). The van der Waals surface area contributed by atoms with Gasteiger partial charge in [0.1, 0.15) is 0 Å². The zero-order chi connectivity index (χ0) is 20.8. The molecule has 0 aromatic heterocycles. The Kier molecular flexibility index (Phi) is 3.90. The molecule has 0 bridgehead atoms. The molecule has 1 N–H and O–H groups in total. The molecule has 29 heavy (non-hydrogen) atoms. The van der Waals surface area contributed by atoms with Gasteiger partial charge in [0.05, 0.1) is 5.41 Å². The number of carbonyl (C=O) groups is 2. The molecule has 6 atom stereocenters. The first-order valence-electron chi connectivity index (χ1n) is 11.2. The number of ether oxygens (including phenoxy) is 2. The van der Waals surface area contributed by atoms with E-state index in [2.05, 4.69) is 13.8 Å². The Morgan fingerprint density at radius 3 is 2.59 bits per heavy atom. The number of ketones is 1. The van der Waals surface area contributed by atoms with Crippen LogP contribution in [0, 0.1) is 34.5 Å². The van der Waals surface area contributed by atoms with Crippen LogP contribution in [0.1, 0.15) is 72.6 Å². The van der Waals surface area contributed by atoms with Crippen molar-refractivity contribution in [3.8, 4) is 0 Å². The molecule has 0 aromatic rings. The summed E-state index contributed by atoms with van der Waals surface area (Å²) in [5.74, 6) is 1.43. The number of rotatable bonds is 2. The average Bonchev–Trinajstić information content (AvgIpc) is 3.13. The number of carboxylic acids is 1. The molecule has 0 aromatic carbocycles. The Labute approximate surface area is 172 Å². The van der Waals surface area contributed by atoms with E-state index in [9.17, 15) is 14.7 Å². The van der Waals surface area contributed by atoms with Gasteiger partial charge in [-0.25, -0.2) is 0 Å². The molecule has 5 nitrogen and oxygen atoms in total. The molecule has 0 unspecified atom stereocenters. The molecular formula is C24H32O5. The van der Waals surface area contributed by atoms with E-state index in [0.29, 0.717) is 29.9 Å². The van der Waals surface area contributed by atoms with Crippen molar-refractivity contribution in [2.45, 2.75) is 78.4 Å². The van der Waals surface area contributed by atoms with Gasteiger partial charge in [-0.2, -0.15) is 0 Å². The van der Waals surface area contributed by atoms with Gasteiger partial charge in [-0.3, -0.25) is 9.59 Å². The molecule has 5 heteroatoms. The fourth-order valence-corrected chi connectivity index (χ4v) is 7.75. The Hall–Kier alpha value is -1.78. The van der Waals surface area contributed by atoms with E-state index in [1.54, 1.807) is 0 Å². The summed E-state index contributed by atoms with van der Waals surface area (Å²) in [5.41, 5.74) is 1.03. The highest BCUT2D eigenvalue weighted by molar-refractivity contribution is 6.05. The summed E-state index contributed by atoms with van der Waals surface area (Å²) in [6, 6.07) is 0. The third kappa shape index (κ3) is 2.51. The monoisotopic (exact) mass is 400 g/mol. The van der Waals surface area contributed by atoms with Crippen LogP contribution < -0.4 is 0 Å². The van der Waals surface area contributed by atoms with Crippen molar-refractivity contribution in [2.75, 3.05) is 0 Å². The van der Waals surface area contributed by atoms with Crippen LogP contribution in [0.3, 0.4) is 0 Å². The molecule has 1 heterocycles. The van der Waals surface area contributed by atoms with Gasteiger partial charge in [-0.15, -0.1) is 0 Å². The number of allylic oxidation sites excluding steroid dienone is 2. The van der Waals surface area contributed by atoms with Gasteiger partial charge in [0, 0.05) is 20.3 Å². The summed E-state index contributed by atoms with van der Waals surface area (Å²) < 4.78 is 12.2. The Bertz CT molecular complexity index is 851. The lowest BCUT2D eigenvalue weighted by Crippen LogP contribution is -2.51. The van der Waals surface area contributed by atoms with Gasteiger partial charge in [-0.05, 0) is 80.6 Å². The summed E-state index contributed by atoms with van der Waals surface area (Å²) in [7, 11) is 0. The Morgan fingerprint density at radius 1 is 1.10 bits per heavy atom. The first-order valence-corrected chi connectivity index (χ1v) is 11.2. The number of hydrogen-bond acceptors (Lipinski definition) is 4. The second-order valence-corrected chi connectivity index (χ2v) is 10.8. The molecular weight excluding hydrogens is 368 g/mol. The molecule has 0 amide bonds. The highest BCUT2D eigenvalue weighted by Gasteiger charge is 2.62. The molecule has 0 spiro atoms. The number of hydrogen-bond donors (Lipinski definition) is 1. The predicted molar refractivity (Wildman–Crippen MR) is 106 cm³/mol. The van der Waals surface area contributed by atoms with Crippen molar-refractivity contribution in [3.63, 3.8) is 0 Å². The third-order valence-electron chi connectivity index (χ3n) is 9.11. The molecule has 0 radical (unpaired) electrons. The maximum absolute atomic E-state index is 12.7. The van der Waals surface area contributed by atoms with E-state index in [1.807, 2.05) is 19.9 Å². The minimum atomic E-state index is -0.803. The number of fused-ring (bicyclic) bond motifs is 6. The van der Waals surface area contributed by atoms with Gasteiger partial charge in [0.2, 0.25) is 17.3 Å². The number of carboxylic acid groups (broad SMARTS) is 1. The maximum atomic E-state index is 12.7. The smallest absolute Gasteiger partial charge is 0.303 e. The highest BCUT2D eigenvalue weighted by atomic mass is 16.7. The molecule has 4 aliphatic carbocycles. The molecule has 3 fully saturated rings. The van der Waals surface area contributed by atoms with Crippen molar-refractivity contribution in [2.24, 2.45) is 34.5 Å². The summed E-state index contributed by atoms with van der Waals surface area (Å²) in [6.07, 6.45) is 8.37. The van der Waals surface area contributed by atoms with E-state index in [4.69, 9.17) is 9.47 Å². The predicted octanol–water partition coefficient (Wildman–Crippen LogP) is 4.82. The van der Waals surface area contributed by atoms with E-state index < -0.39 is 11.8 Å². The lowest BCUT2D eigenvalue weighted by atomic mass is 9.47. The SMILES string of the molecule is CC1(C)OC2=C(O1)[C@@]1(C)C(=CC2=O)CC[C@@H]2[C@@H]1CC[C@]1(C)[C@@H](CC(=O)O)CC[C@@H]21. The second-order valence-electron chi connectivity index (χ2n) is 10.8. The van der Waals surface area contributed by atoms with Gasteiger partial charge in [-0.1, -0.05) is 12.5 Å². The second kappa shape index (κ2) is 5.89. The van der Waals surface area contributed by atoms with Crippen LogP contribution in [0.15, 0.2) is 23.2 Å². The van der Waals surface area contributed by atoms with Crippen LogP contribution in [-0.2, 0) is 19.1 Å². The number of aliphatic carboxylic acids is 1. The van der Waals surface area contributed by atoms with Crippen molar-refractivity contribution in [3.05, 3.63) is 23.2 Å². The van der Waals surface area contributed by atoms with Gasteiger partial charge < -0.3 is 14.6 Å². The lowest BCUT2D eigenvalue weighted by Gasteiger charge is -2.57. The Balaban J connectivity index is 1.51. The average molecular weight is 401 g/mol. The van der Waals surface area contributed by atoms with Crippen molar-refractivity contribution < 1.29 is 24.2 Å². The summed E-state index contributed by atoms with van der Waals surface area (Å²) in [5, 5.41) is 9.41. The molecule has 1 aliphatic heterocycles. The standard InChI is InChI=1S/C24H32O5/c1-22(2)28-20-18(25)11-14-5-7-15-16-8-6-13(12-19(26)27)23(16,3)10-9-17(15)24(14,4)21(20)29-22/h11,13,15-17H,5-10,12H2,1-4H3,(H,26,27)/t13-,15+,16+,17+,23-,24+/m1/s1. The van der Waals surface area contributed by atoms with Crippen LogP contribution in [0.4, 0.5) is 0 Å². The Morgan fingerprint density at radius 2 is 1.86 bits per heavy atom. The fourth-order valence-electron chi connectivity index (χ4n) is 7.75. The maximum Gasteiger partial charge on any atom is 0.303 e. The lowest BCUT2D eigenvalue weighted by molar-refractivity contribution is -0.143. The van der Waals surface area contributed by atoms with Crippen molar-refractivity contribution >= 4 is 11.8 Å². The first-order chi connectivity index (χ1) is 13.6. The van der Waals surface area contributed by atoms with Crippen LogP contribution >= 0.6 is 0 Å². The normalized spacial score (nSPS) is 44.7. The summed E-state index contributed by atoms with van der Waals surface area (Å²) in [6.45, 7) is 8.34. The van der Waals surface area contributed by atoms with E-state index in [1.165, 1.54) is 5.57 Å². The van der Waals surface area contributed by atoms with Crippen LogP contribution in [-0.4, -0.2) is 22.6 Å². The molecule has 0 saturated heterocycles. The van der Waals surface area contributed by atoms with E-state index in [-0.39, 0.29) is 22.5 Å². The quantitative estimate of drug-likeness (QED) is 0.719. The van der Waals surface area contributed by atoms with Gasteiger partial charge >= 0.3 is 5.97 Å². The number of carbonyl (C=O) groups excluding carboxylic acids is 1. The minimum Gasteiger partial charge on any atom is -0.481 e. The van der Waals surface area contributed by atoms with Crippen molar-refractivity contribution in [1.29, 1.82) is 0 Å². The molecule has 3 saturated carbocycles. The molecule has 5 aliphatic rings. The highest BCUT2D eigenvalue weighted by Crippen LogP contribution is 2.68. The summed E-state index contributed by atoms with van der Waals surface area (Å²) >= 11 is 0. The fraction of sp³-hybridized carbons (Fsp3) is 0.750. The largest absolute Gasteiger partial charge is 0.481 e. The zero-order valence-corrected chi connectivity index (χ0v) is 17.9. The van der Waals surface area contributed by atoms with Gasteiger partial charge in [0.15, 0.2) is 5.76 Å². The van der Waals surface area contributed by atoms with Crippen LogP contribution in [0.25, 0.3) is 0 Å². The van der Waals surface area contributed by atoms with E-state index in [0.717, 1.165) is 44.3 Å².